The summed E-state index contributed by atoms with van der Waals surface area (Å²) >= 11 is 0. The first kappa shape index (κ1) is 95.9. The normalized spacial score (nSPS) is 14.0. The van der Waals surface area contributed by atoms with E-state index in [4.69, 9.17) is 30.6 Å². The van der Waals surface area contributed by atoms with Crippen LogP contribution in [0, 0.1) is 30.6 Å². The van der Waals surface area contributed by atoms with Crippen LogP contribution < -0.4 is 41.3 Å². The van der Waals surface area contributed by atoms with Gasteiger partial charge < -0.3 is 105 Å². The molecule has 2 saturated heterocycles. The third kappa shape index (κ3) is 34.5. The standard InChI is InChI=1S/2C29H35N5O3.4Cu.2NO3.6H2O/c2*35-26-10-4-1-7-23(26)21-31-14-13-30-15-17-33-19-20-34(29(33)25-9-3-6-12-28(25)37)18-16-32-22-24-8-2-5-11-27(24)36;;;;;2*2-1(3)4;;;;;;/h2*1-12,21-22,29-30,35-37H,13-20H2;;;;;;;6*1H2/q;;4*+2;2*-1;;;;;;/p-6/t2*29-;;;;;;;;;;;;/m11............/s1. The molecule has 2 aliphatic rings. The third-order valence-corrected chi connectivity index (χ3v) is 12.7. The molecule has 0 spiro atoms. The van der Waals surface area contributed by atoms with E-state index in [1.165, 1.54) is 24.3 Å². The van der Waals surface area contributed by atoms with Crippen LogP contribution in [0.15, 0.2) is 166 Å². The molecule has 2 aliphatic heterocycles. The van der Waals surface area contributed by atoms with Crippen LogP contribution in [0.5, 0.6) is 34.5 Å². The van der Waals surface area contributed by atoms with Crippen molar-refractivity contribution in [2.24, 2.45) is 20.0 Å². The average molecular weight is 1480 g/mol. The molecular weight excluding hydrogens is 1410 g/mol. The van der Waals surface area contributed by atoms with Gasteiger partial charge in [0.2, 0.25) is 0 Å². The average Bonchev–Trinajstić information content (AvgIpc) is 1.67. The first-order chi connectivity index (χ1) is 39.7. The molecule has 0 aromatic heterocycles. The van der Waals surface area contributed by atoms with E-state index >= 15 is 0 Å². The minimum Gasteiger partial charge on any atom is -0.872 e. The SMILES string of the molecule is O.O.O.O.O.O.O=[N+]([O-])[O-].O=[N+]([O-])[O-].[Cu+2].[Cu+2].[Cu+2].[Cu+2].[O-]c1ccccc1C=NCCNCCN1CCN(CCN=Cc2ccccc2[O-])[C@@H]1c1ccccc1[O-].[O-]c1ccccc1C=NCCNCCN1CCN(CCN=Cc2ccccc2[O-])[C@@H]1c1ccccc1[O-]. The minimum absolute atomic E-state index is 0. The molecule has 0 aliphatic carbocycles. The topological polar surface area (TPSA) is 546 Å². The van der Waals surface area contributed by atoms with Crippen LogP contribution in [0.25, 0.3) is 0 Å². The van der Waals surface area contributed by atoms with Crippen LogP contribution in [0.2, 0.25) is 0 Å². The molecule has 92 heavy (non-hydrogen) atoms. The van der Waals surface area contributed by atoms with Gasteiger partial charge in [-0.15, -0.1) is 34.5 Å². The molecule has 6 aromatic carbocycles. The van der Waals surface area contributed by atoms with Gasteiger partial charge in [-0.25, -0.2) is 0 Å². The van der Waals surface area contributed by atoms with E-state index in [1.54, 1.807) is 97.7 Å². The van der Waals surface area contributed by atoms with Crippen molar-refractivity contribution in [3.05, 3.63) is 210 Å². The Morgan fingerprint density at radius 3 is 0.815 bits per heavy atom. The fourth-order valence-corrected chi connectivity index (χ4v) is 8.93. The summed E-state index contributed by atoms with van der Waals surface area (Å²) < 4.78 is 0. The summed E-state index contributed by atoms with van der Waals surface area (Å²) in [4.78, 5) is 43.3. The Bertz CT molecular complexity index is 2840. The second kappa shape index (κ2) is 54.4. The van der Waals surface area contributed by atoms with Gasteiger partial charge in [-0.2, -0.15) is 0 Å². The van der Waals surface area contributed by atoms with Gasteiger partial charge in [-0.1, -0.05) is 146 Å². The van der Waals surface area contributed by atoms with E-state index < -0.39 is 10.2 Å². The third-order valence-electron chi connectivity index (χ3n) is 12.7. The number of hydrogen-bond donors (Lipinski definition) is 2. The van der Waals surface area contributed by atoms with E-state index in [0.29, 0.717) is 74.6 Å². The minimum atomic E-state index is -1.75. The van der Waals surface area contributed by atoms with Crippen molar-refractivity contribution in [1.82, 2.24) is 30.2 Å². The van der Waals surface area contributed by atoms with Crippen molar-refractivity contribution in [2.45, 2.75) is 12.3 Å². The van der Waals surface area contributed by atoms with E-state index in [0.717, 1.165) is 63.5 Å². The molecule has 30 nitrogen and oxygen atoms in total. The maximum Gasteiger partial charge on any atom is 2.00 e. The van der Waals surface area contributed by atoms with Gasteiger partial charge in [0.05, 0.1) is 48.7 Å². The predicted molar refractivity (Wildman–Crippen MR) is 325 cm³/mol. The van der Waals surface area contributed by atoms with Crippen LogP contribution in [-0.2, 0) is 68.3 Å². The van der Waals surface area contributed by atoms with E-state index in [1.807, 2.05) is 48.5 Å². The van der Waals surface area contributed by atoms with Gasteiger partial charge in [-0.3, -0.25) is 39.6 Å². The zero-order chi connectivity index (χ0) is 58.9. The number of nitrogens with zero attached hydrogens (tertiary/aromatic N) is 10. The smallest absolute Gasteiger partial charge is 0.872 e. The van der Waals surface area contributed by atoms with Crippen LogP contribution in [0.1, 0.15) is 45.7 Å². The molecule has 4 radical (unpaired) electrons. The van der Waals surface area contributed by atoms with Crippen LogP contribution in [-0.4, -0.2) is 192 Å². The molecule has 0 unspecified atom stereocenters. The Morgan fingerprint density at radius 1 is 0.348 bits per heavy atom. The Hall–Kier alpha value is -7.20. The molecule has 520 valence electrons. The maximum absolute atomic E-state index is 12.7. The fraction of sp³-hybridized carbons (Fsp3) is 0.310. The van der Waals surface area contributed by atoms with Gasteiger partial charge >= 0.3 is 68.3 Å². The maximum atomic E-state index is 12.7. The van der Waals surface area contributed by atoms with Crippen LogP contribution in [0.4, 0.5) is 0 Å². The van der Waals surface area contributed by atoms with E-state index in [9.17, 15) is 30.6 Å². The molecule has 0 amide bonds. The molecular formula is C58H76Cu4N12O18. The quantitative estimate of drug-likeness (QED) is 0.0204. The first-order valence-electron chi connectivity index (χ1n) is 26.3. The molecule has 0 bridgehead atoms. The summed E-state index contributed by atoms with van der Waals surface area (Å²) in [6.45, 7) is 11.5. The summed E-state index contributed by atoms with van der Waals surface area (Å²) in [5.41, 5.74) is 3.91. The van der Waals surface area contributed by atoms with E-state index in [2.05, 4.69) is 50.2 Å². The summed E-state index contributed by atoms with van der Waals surface area (Å²) in [5, 5.41) is 109. The molecule has 0 saturated carbocycles. The van der Waals surface area contributed by atoms with Gasteiger partial charge in [0.25, 0.3) is 0 Å². The molecule has 34 heteroatoms. The Labute approximate surface area is 574 Å². The van der Waals surface area contributed by atoms with Gasteiger partial charge in [0.1, 0.15) is 0 Å². The number of rotatable bonds is 24. The van der Waals surface area contributed by atoms with Crippen molar-refractivity contribution in [3.63, 3.8) is 0 Å². The fourth-order valence-electron chi connectivity index (χ4n) is 8.93. The predicted octanol–water partition coefficient (Wildman–Crippen LogP) is -2.73. The van der Waals surface area contributed by atoms with Gasteiger partial charge in [0, 0.05) is 103 Å². The van der Waals surface area contributed by atoms with Crippen molar-refractivity contribution >= 4 is 24.9 Å². The molecule has 2 heterocycles. The summed E-state index contributed by atoms with van der Waals surface area (Å²) in [7, 11) is 0. The second-order valence-corrected chi connectivity index (χ2v) is 18.2. The van der Waals surface area contributed by atoms with Gasteiger partial charge in [-0.05, 0) is 33.4 Å². The largest absolute Gasteiger partial charge is 2.00 e. The van der Waals surface area contributed by atoms with Crippen molar-refractivity contribution < 1.29 is 142 Å². The Morgan fingerprint density at radius 2 is 0.565 bits per heavy atom. The molecule has 8 rings (SSSR count). The molecule has 2 fully saturated rings. The summed E-state index contributed by atoms with van der Waals surface area (Å²) in [5.74, 6) is -0.0505. The van der Waals surface area contributed by atoms with E-state index in [-0.39, 0.29) is 148 Å². The number of hydrogen-bond acceptors (Lipinski definition) is 22. The number of para-hydroxylation sites is 6. The number of nitrogens with one attached hydrogen (secondary N) is 2. The monoisotopic (exact) mass is 1480 g/mol. The first-order valence-corrected chi connectivity index (χ1v) is 26.3. The van der Waals surface area contributed by atoms with Crippen molar-refractivity contribution in [2.75, 3.05) is 105 Å². The zero-order valence-corrected chi connectivity index (χ0v) is 53.0. The van der Waals surface area contributed by atoms with Crippen molar-refractivity contribution in [3.8, 4) is 34.5 Å². The van der Waals surface area contributed by atoms with Crippen LogP contribution >= 0.6 is 0 Å². The zero-order valence-electron chi connectivity index (χ0n) is 49.2. The summed E-state index contributed by atoms with van der Waals surface area (Å²) in [6.07, 6.45) is 6.31. The van der Waals surface area contributed by atoms with Gasteiger partial charge in [0.15, 0.2) is 0 Å². The molecule has 14 N–H and O–H groups in total. The van der Waals surface area contributed by atoms with Crippen LogP contribution in [0.3, 0.4) is 0 Å². The molecule has 6 aromatic rings. The van der Waals surface area contributed by atoms with Crippen molar-refractivity contribution in [1.29, 1.82) is 0 Å². The number of benzene rings is 6. The Balaban J connectivity index is -0.000000327. The second-order valence-electron chi connectivity index (χ2n) is 18.2. The number of aliphatic imine (C=N–C) groups is 4. The molecule has 2 atom stereocenters. The summed E-state index contributed by atoms with van der Waals surface area (Å²) in [6, 6.07) is 41.8. The Kier molecular flexibility index (Phi) is 56.7.